The van der Waals surface area contributed by atoms with Crippen LogP contribution in [0.4, 0.5) is 0 Å². The maximum absolute atomic E-state index is 12.4. The molecular formula is C14H17N3O. The molecule has 0 unspecified atom stereocenters. The lowest BCUT2D eigenvalue weighted by atomic mass is 10.1. The van der Waals surface area contributed by atoms with Gasteiger partial charge < -0.3 is 4.90 Å². The molecule has 0 aliphatic carbocycles. The Balaban J connectivity index is 2.43. The van der Waals surface area contributed by atoms with Crippen molar-refractivity contribution in [2.45, 2.75) is 19.9 Å². The third-order valence-corrected chi connectivity index (χ3v) is 2.98. The number of rotatable bonds is 3. The van der Waals surface area contributed by atoms with Crippen LogP contribution in [-0.4, -0.2) is 33.7 Å². The minimum atomic E-state index is 0.0103. The lowest BCUT2D eigenvalue weighted by Gasteiger charge is -2.22. The summed E-state index contributed by atoms with van der Waals surface area (Å²) in [6.45, 7) is 3.99. The topological polar surface area (TPSA) is 38.1 Å². The third-order valence-electron chi connectivity index (χ3n) is 2.98. The summed E-state index contributed by atoms with van der Waals surface area (Å²) in [5.41, 5.74) is 1.47. The Labute approximate surface area is 107 Å². The minimum absolute atomic E-state index is 0.0103. The highest BCUT2D eigenvalue weighted by molar-refractivity contribution is 5.97. The first-order chi connectivity index (χ1) is 8.61. The van der Waals surface area contributed by atoms with E-state index in [2.05, 4.69) is 5.10 Å². The summed E-state index contributed by atoms with van der Waals surface area (Å²) in [6.07, 6.45) is 3.54. The summed E-state index contributed by atoms with van der Waals surface area (Å²) in [7, 11) is 1.81. The van der Waals surface area contributed by atoms with Gasteiger partial charge in [0.2, 0.25) is 0 Å². The summed E-state index contributed by atoms with van der Waals surface area (Å²) in [5, 5.41) is 4.18. The highest BCUT2D eigenvalue weighted by Crippen LogP contribution is 2.16. The molecular weight excluding hydrogens is 226 g/mol. The van der Waals surface area contributed by atoms with Gasteiger partial charge in [-0.05, 0) is 32.0 Å². The molecule has 4 heteroatoms. The van der Waals surface area contributed by atoms with Crippen molar-refractivity contribution in [2.24, 2.45) is 0 Å². The molecule has 2 aromatic rings. The Morgan fingerprint density at radius 2 is 2.00 bits per heavy atom. The molecule has 94 valence electrons. The zero-order chi connectivity index (χ0) is 13.1. The average Bonchev–Trinajstić information content (AvgIpc) is 2.90. The molecule has 0 saturated heterocycles. The van der Waals surface area contributed by atoms with Gasteiger partial charge in [-0.3, -0.25) is 4.79 Å². The van der Waals surface area contributed by atoms with E-state index in [1.54, 1.807) is 15.8 Å². The number of benzene rings is 1. The molecule has 2 rings (SSSR count). The van der Waals surface area contributed by atoms with Crippen molar-refractivity contribution in [2.75, 3.05) is 7.05 Å². The van der Waals surface area contributed by atoms with Crippen LogP contribution in [0.2, 0.25) is 0 Å². The summed E-state index contributed by atoms with van der Waals surface area (Å²) >= 11 is 0. The van der Waals surface area contributed by atoms with Crippen LogP contribution < -0.4 is 0 Å². The molecule has 18 heavy (non-hydrogen) atoms. The molecule has 0 fully saturated rings. The van der Waals surface area contributed by atoms with Gasteiger partial charge in [-0.2, -0.15) is 5.10 Å². The first kappa shape index (κ1) is 12.4. The molecule has 0 aliphatic heterocycles. The highest BCUT2D eigenvalue weighted by Gasteiger charge is 2.18. The minimum Gasteiger partial charge on any atom is -0.339 e. The molecule has 1 heterocycles. The fourth-order valence-corrected chi connectivity index (χ4v) is 1.69. The van der Waals surface area contributed by atoms with Crippen molar-refractivity contribution in [1.82, 2.24) is 14.7 Å². The monoisotopic (exact) mass is 243 g/mol. The van der Waals surface area contributed by atoms with Gasteiger partial charge in [0.05, 0.1) is 11.3 Å². The van der Waals surface area contributed by atoms with Gasteiger partial charge in [-0.25, -0.2) is 4.68 Å². The first-order valence-corrected chi connectivity index (χ1v) is 5.97. The number of hydrogen-bond donors (Lipinski definition) is 0. The Bertz CT molecular complexity index is 532. The van der Waals surface area contributed by atoms with E-state index < -0.39 is 0 Å². The number of hydrogen-bond acceptors (Lipinski definition) is 2. The van der Waals surface area contributed by atoms with E-state index in [1.165, 1.54) is 0 Å². The second kappa shape index (κ2) is 5.04. The smallest absolute Gasteiger partial charge is 0.256 e. The molecule has 0 spiro atoms. The molecule has 0 aliphatic rings. The average molecular weight is 243 g/mol. The van der Waals surface area contributed by atoms with Crippen LogP contribution in [0.1, 0.15) is 24.2 Å². The van der Waals surface area contributed by atoms with Crippen molar-refractivity contribution < 1.29 is 4.79 Å². The fourth-order valence-electron chi connectivity index (χ4n) is 1.69. The summed E-state index contributed by atoms with van der Waals surface area (Å²) in [4.78, 5) is 14.1. The number of amides is 1. The number of carbonyl (C=O) groups is 1. The van der Waals surface area contributed by atoms with Gasteiger partial charge in [0, 0.05) is 25.5 Å². The first-order valence-electron chi connectivity index (χ1n) is 5.97. The Hall–Kier alpha value is -2.10. The van der Waals surface area contributed by atoms with E-state index >= 15 is 0 Å². The van der Waals surface area contributed by atoms with Gasteiger partial charge in [0.1, 0.15) is 0 Å². The van der Waals surface area contributed by atoms with Crippen molar-refractivity contribution in [3.8, 4) is 5.69 Å². The van der Waals surface area contributed by atoms with Crippen LogP contribution in [0.15, 0.2) is 42.7 Å². The summed E-state index contributed by atoms with van der Waals surface area (Å²) < 4.78 is 1.71. The van der Waals surface area contributed by atoms with Gasteiger partial charge in [-0.1, -0.05) is 12.1 Å². The Kier molecular flexibility index (Phi) is 3.46. The van der Waals surface area contributed by atoms with Gasteiger partial charge in [-0.15, -0.1) is 0 Å². The van der Waals surface area contributed by atoms with E-state index in [1.807, 2.05) is 57.4 Å². The second-order valence-corrected chi connectivity index (χ2v) is 4.48. The van der Waals surface area contributed by atoms with Crippen LogP contribution in [0.25, 0.3) is 5.69 Å². The number of para-hydroxylation sites is 1. The molecule has 0 bridgehead atoms. The maximum Gasteiger partial charge on any atom is 0.256 e. The van der Waals surface area contributed by atoms with E-state index in [4.69, 9.17) is 0 Å². The van der Waals surface area contributed by atoms with E-state index in [0.717, 1.165) is 5.69 Å². The Morgan fingerprint density at radius 3 is 2.61 bits per heavy atom. The predicted octanol–water partition coefficient (Wildman–Crippen LogP) is 2.35. The van der Waals surface area contributed by atoms with Crippen molar-refractivity contribution in [1.29, 1.82) is 0 Å². The number of carbonyl (C=O) groups excluding carboxylic acids is 1. The van der Waals surface area contributed by atoms with Crippen molar-refractivity contribution in [3.05, 3.63) is 48.3 Å². The number of nitrogens with zero attached hydrogens (tertiary/aromatic N) is 3. The summed E-state index contributed by atoms with van der Waals surface area (Å²) in [6, 6.07) is 9.51. The fraction of sp³-hybridized carbons (Fsp3) is 0.286. The molecule has 0 atom stereocenters. The lowest BCUT2D eigenvalue weighted by molar-refractivity contribution is 0.0755. The zero-order valence-electron chi connectivity index (χ0n) is 10.9. The van der Waals surface area contributed by atoms with Crippen LogP contribution in [-0.2, 0) is 0 Å². The van der Waals surface area contributed by atoms with Crippen LogP contribution >= 0.6 is 0 Å². The molecule has 0 saturated carbocycles. The SMILES string of the molecule is CC(C)N(C)C(=O)c1ccccc1-n1cccn1. The normalized spacial score (nSPS) is 10.7. The molecule has 1 aromatic carbocycles. The van der Waals surface area contributed by atoms with E-state index in [9.17, 15) is 4.79 Å². The predicted molar refractivity (Wildman–Crippen MR) is 70.8 cm³/mol. The molecule has 0 radical (unpaired) electrons. The van der Waals surface area contributed by atoms with E-state index in [0.29, 0.717) is 5.56 Å². The molecule has 1 aromatic heterocycles. The lowest BCUT2D eigenvalue weighted by Crippen LogP contribution is -2.33. The number of aromatic nitrogens is 2. The Morgan fingerprint density at radius 1 is 1.28 bits per heavy atom. The highest BCUT2D eigenvalue weighted by atomic mass is 16.2. The van der Waals surface area contributed by atoms with Crippen LogP contribution in [0.3, 0.4) is 0 Å². The van der Waals surface area contributed by atoms with Crippen molar-refractivity contribution >= 4 is 5.91 Å². The molecule has 0 N–H and O–H groups in total. The molecule has 1 amide bonds. The quantitative estimate of drug-likeness (QED) is 0.830. The van der Waals surface area contributed by atoms with E-state index in [-0.39, 0.29) is 11.9 Å². The standard InChI is InChI=1S/C14H17N3O/c1-11(2)16(3)14(18)12-7-4-5-8-13(12)17-10-6-9-15-17/h4-11H,1-3H3. The van der Waals surface area contributed by atoms with Crippen LogP contribution in [0, 0.1) is 0 Å². The zero-order valence-corrected chi connectivity index (χ0v) is 10.9. The van der Waals surface area contributed by atoms with Crippen LogP contribution in [0.5, 0.6) is 0 Å². The van der Waals surface area contributed by atoms with Gasteiger partial charge in [0.25, 0.3) is 5.91 Å². The van der Waals surface area contributed by atoms with Crippen molar-refractivity contribution in [3.63, 3.8) is 0 Å². The van der Waals surface area contributed by atoms with Gasteiger partial charge in [0.15, 0.2) is 0 Å². The largest absolute Gasteiger partial charge is 0.339 e. The second-order valence-electron chi connectivity index (χ2n) is 4.48. The van der Waals surface area contributed by atoms with Gasteiger partial charge >= 0.3 is 0 Å². The third kappa shape index (κ3) is 2.27. The summed E-state index contributed by atoms with van der Waals surface area (Å²) in [5.74, 6) is 0.0103. The molecule has 4 nitrogen and oxygen atoms in total. The maximum atomic E-state index is 12.4.